The van der Waals surface area contributed by atoms with Crippen molar-refractivity contribution in [3.63, 3.8) is 0 Å². The van der Waals surface area contributed by atoms with Gasteiger partial charge in [-0.25, -0.2) is 9.78 Å². The second kappa shape index (κ2) is 6.67. The highest BCUT2D eigenvalue weighted by atomic mass is 32.1. The summed E-state index contributed by atoms with van der Waals surface area (Å²) < 4.78 is 4.89. The van der Waals surface area contributed by atoms with Gasteiger partial charge in [-0.1, -0.05) is 11.3 Å². The van der Waals surface area contributed by atoms with Crippen molar-refractivity contribution in [2.45, 2.75) is 19.9 Å². The van der Waals surface area contributed by atoms with Crippen LogP contribution >= 0.6 is 11.3 Å². The number of anilines is 1. The van der Waals surface area contributed by atoms with Gasteiger partial charge in [0.05, 0.1) is 18.8 Å². The zero-order valence-corrected chi connectivity index (χ0v) is 12.4. The van der Waals surface area contributed by atoms with E-state index in [2.05, 4.69) is 15.6 Å². The first-order valence-corrected chi connectivity index (χ1v) is 7.19. The molecule has 0 bridgehead atoms. The van der Waals surface area contributed by atoms with Gasteiger partial charge < -0.3 is 20.3 Å². The van der Waals surface area contributed by atoms with Crippen LogP contribution in [0.1, 0.15) is 17.5 Å². The first kappa shape index (κ1) is 14.7. The van der Waals surface area contributed by atoms with E-state index in [0.717, 1.165) is 10.6 Å². The van der Waals surface area contributed by atoms with E-state index in [1.807, 2.05) is 0 Å². The van der Waals surface area contributed by atoms with E-state index >= 15 is 0 Å². The van der Waals surface area contributed by atoms with Crippen LogP contribution in [0.3, 0.4) is 0 Å². The van der Waals surface area contributed by atoms with Crippen LogP contribution in [0.4, 0.5) is 9.93 Å². The van der Waals surface area contributed by atoms with E-state index in [1.165, 1.54) is 18.3 Å². The van der Waals surface area contributed by atoms with E-state index in [4.69, 9.17) is 4.74 Å². The van der Waals surface area contributed by atoms with E-state index < -0.39 is 0 Å². The maximum Gasteiger partial charge on any atom is 0.317 e. The Morgan fingerprint density at radius 1 is 1.50 bits per heavy atom. The van der Waals surface area contributed by atoms with Crippen molar-refractivity contribution >= 4 is 28.4 Å². The molecule has 7 nitrogen and oxygen atoms in total. The summed E-state index contributed by atoms with van der Waals surface area (Å²) in [5, 5.41) is 6.08. The minimum atomic E-state index is -0.134. The van der Waals surface area contributed by atoms with Crippen LogP contribution < -0.4 is 10.6 Å². The maximum atomic E-state index is 11.9. The van der Waals surface area contributed by atoms with Crippen molar-refractivity contribution in [1.82, 2.24) is 15.2 Å². The van der Waals surface area contributed by atoms with Crippen molar-refractivity contribution in [2.24, 2.45) is 0 Å². The second-order valence-corrected chi connectivity index (χ2v) is 5.55. The Morgan fingerprint density at radius 2 is 2.30 bits per heavy atom. The van der Waals surface area contributed by atoms with Crippen LogP contribution in [0, 0.1) is 0 Å². The van der Waals surface area contributed by atoms with Crippen molar-refractivity contribution in [2.75, 3.05) is 32.1 Å². The minimum absolute atomic E-state index is 0.0952. The number of carbonyl (C=O) groups excluding carboxylic acids is 2. The monoisotopic (exact) mass is 298 g/mol. The lowest BCUT2D eigenvalue weighted by Crippen LogP contribution is -2.43. The molecular formula is C12H18N4O3S. The number of hydrogen-bond donors (Lipinski definition) is 2. The van der Waals surface area contributed by atoms with Crippen LogP contribution in [0.15, 0.2) is 0 Å². The molecule has 0 aromatic carbocycles. The van der Waals surface area contributed by atoms with Gasteiger partial charge in [-0.05, 0) is 0 Å². The van der Waals surface area contributed by atoms with E-state index in [1.54, 1.807) is 12.0 Å². The van der Waals surface area contributed by atoms with Gasteiger partial charge in [0, 0.05) is 38.4 Å². The number of hydrogen-bond acceptors (Lipinski definition) is 5. The third-order valence-corrected chi connectivity index (χ3v) is 3.88. The molecule has 0 radical (unpaired) electrons. The van der Waals surface area contributed by atoms with Crippen LogP contribution in [0.5, 0.6) is 0 Å². The number of fused-ring (bicyclic) bond motifs is 1. The lowest BCUT2D eigenvalue weighted by atomic mass is 10.2. The molecule has 2 N–H and O–H groups in total. The Labute approximate surface area is 121 Å². The van der Waals surface area contributed by atoms with Crippen LogP contribution in [-0.4, -0.2) is 48.6 Å². The summed E-state index contributed by atoms with van der Waals surface area (Å²) in [7, 11) is 1.60. The molecule has 2 heterocycles. The summed E-state index contributed by atoms with van der Waals surface area (Å²) >= 11 is 1.42. The van der Waals surface area contributed by atoms with Crippen molar-refractivity contribution in [3.8, 4) is 0 Å². The largest absolute Gasteiger partial charge is 0.383 e. The Balaban J connectivity index is 1.94. The first-order valence-electron chi connectivity index (χ1n) is 6.38. The molecule has 1 aromatic heterocycles. The first-order chi connectivity index (χ1) is 9.60. The van der Waals surface area contributed by atoms with Gasteiger partial charge in [0.2, 0.25) is 5.91 Å². The summed E-state index contributed by atoms with van der Waals surface area (Å²) in [6.45, 7) is 3.62. The maximum absolute atomic E-state index is 11.9. The number of thiazole rings is 1. The second-order valence-electron chi connectivity index (χ2n) is 4.47. The number of methoxy groups -OCH3 is 1. The lowest BCUT2D eigenvalue weighted by molar-refractivity contribution is -0.114. The topological polar surface area (TPSA) is 83.6 Å². The van der Waals surface area contributed by atoms with Crippen LogP contribution in [-0.2, 0) is 22.5 Å². The molecule has 110 valence electrons. The molecule has 2 rings (SSSR count). The summed E-state index contributed by atoms with van der Waals surface area (Å²) in [5.74, 6) is -0.134. The highest BCUT2D eigenvalue weighted by Crippen LogP contribution is 2.28. The van der Waals surface area contributed by atoms with Gasteiger partial charge in [0.25, 0.3) is 0 Å². The Morgan fingerprint density at radius 3 is 3.00 bits per heavy atom. The number of rotatable bonds is 4. The molecule has 0 atom stereocenters. The lowest BCUT2D eigenvalue weighted by Gasteiger charge is -2.26. The molecule has 0 aliphatic carbocycles. The number of carbonyl (C=O) groups is 2. The van der Waals surface area contributed by atoms with Crippen LogP contribution in [0.2, 0.25) is 0 Å². The Hall–Kier alpha value is -1.67. The number of aromatic nitrogens is 1. The molecule has 3 amide bonds. The number of amides is 3. The molecule has 0 saturated heterocycles. The number of nitrogens with zero attached hydrogens (tertiary/aromatic N) is 2. The molecule has 0 fully saturated rings. The average Bonchev–Trinajstić information content (AvgIpc) is 2.78. The SMILES string of the molecule is COCCNC(=O)N1CCc2nc(NC(C)=O)sc2C1. The third-order valence-electron chi connectivity index (χ3n) is 2.88. The molecule has 0 unspecified atom stereocenters. The zero-order chi connectivity index (χ0) is 14.5. The summed E-state index contributed by atoms with van der Waals surface area (Å²) in [6, 6.07) is -0.0952. The molecule has 0 spiro atoms. The van der Waals surface area contributed by atoms with Gasteiger partial charge in [0.15, 0.2) is 5.13 Å². The quantitative estimate of drug-likeness (QED) is 0.806. The van der Waals surface area contributed by atoms with Crippen molar-refractivity contribution < 1.29 is 14.3 Å². The Kier molecular flexibility index (Phi) is 4.91. The fourth-order valence-corrected chi connectivity index (χ4v) is 3.01. The van der Waals surface area contributed by atoms with E-state index in [9.17, 15) is 9.59 Å². The van der Waals surface area contributed by atoms with Gasteiger partial charge in [-0.15, -0.1) is 0 Å². The average molecular weight is 298 g/mol. The third kappa shape index (κ3) is 3.67. The normalized spacial score (nSPS) is 13.8. The van der Waals surface area contributed by atoms with Crippen molar-refractivity contribution in [3.05, 3.63) is 10.6 Å². The Bertz CT molecular complexity index is 503. The summed E-state index contributed by atoms with van der Waals surface area (Å²) in [4.78, 5) is 30.1. The van der Waals surface area contributed by atoms with E-state index in [-0.39, 0.29) is 11.9 Å². The summed E-state index contributed by atoms with van der Waals surface area (Å²) in [5.41, 5.74) is 0.972. The van der Waals surface area contributed by atoms with Gasteiger partial charge in [-0.2, -0.15) is 0 Å². The predicted octanol–water partition coefficient (Wildman–Crippen LogP) is 0.816. The zero-order valence-electron chi connectivity index (χ0n) is 11.6. The van der Waals surface area contributed by atoms with Gasteiger partial charge in [0.1, 0.15) is 0 Å². The molecule has 8 heteroatoms. The van der Waals surface area contributed by atoms with Gasteiger partial charge >= 0.3 is 6.03 Å². The molecule has 1 aliphatic heterocycles. The molecular weight excluding hydrogens is 280 g/mol. The molecule has 1 aromatic rings. The highest BCUT2D eigenvalue weighted by Gasteiger charge is 2.24. The van der Waals surface area contributed by atoms with E-state index in [0.29, 0.717) is 37.8 Å². The molecule has 0 saturated carbocycles. The minimum Gasteiger partial charge on any atom is -0.383 e. The summed E-state index contributed by atoms with van der Waals surface area (Å²) in [6.07, 6.45) is 0.711. The predicted molar refractivity (Wildman–Crippen MR) is 75.8 cm³/mol. The van der Waals surface area contributed by atoms with Crippen molar-refractivity contribution in [1.29, 1.82) is 0 Å². The standard InChI is InChI=1S/C12H18N4O3S/c1-8(17)14-11-15-9-3-5-16(7-10(9)20-11)12(18)13-4-6-19-2/h3-7H2,1-2H3,(H,13,18)(H,14,15,17). The van der Waals surface area contributed by atoms with Crippen LogP contribution in [0.25, 0.3) is 0 Å². The van der Waals surface area contributed by atoms with Gasteiger partial charge in [-0.3, -0.25) is 4.79 Å². The number of nitrogens with one attached hydrogen (secondary N) is 2. The molecule has 20 heavy (non-hydrogen) atoms. The number of ether oxygens (including phenoxy) is 1. The fourth-order valence-electron chi connectivity index (χ4n) is 1.94. The number of urea groups is 1. The fraction of sp³-hybridized carbons (Fsp3) is 0.583. The highest BCUT2D eigenvalue weighted by molar-refractivity contribution is 7.15. The molecule has 1 aliphatic rings. The smallest absolute Gasteiger partial charge is 0.317 e.